The lowest BCUT2D eigenvalue weighted by Crippen LogP contribution is -2.52. The van der Waals surface area contributed by atoms with E-state index in [4.69, 9.17) is 10.7 Å². The molecule has 2 aromatic carbocycles. The normalized spacial score (nSPS) is 18.1. The lowest BCUT2D eigenvalue weighted by Gasteiger charge is -2.29. The summed E-state index contributed by atoms with van der Waals surface area (Å²) in [5, 5.41) is 5.22. The third-order valence-electron chi connectivity index (χ3n) is 11.7. The summed E-state index contributed by atoms with van der Waals surface area (Å²) in [5.41, 5.74) is 11.1. The second kappa shape index (κ2) is 18.5. The van der Waals surface area contributed by atoms with Crippen LogP contribution < -0.4 is 16.4 Å². The number of aromatic nitrogens is 4. The summed E-state index contributed by atoms with van der Waals surface area (Å²) in [4.78, 5) is 69.2. The summed E-state index contributed by atoms with van der Waals surface area (Å²) in [6.07, 6.45) is 17.7. The van der Waals surface area contributed by atoms with Gasteiger partial charge in [0.2, 0.25) is 11.8 Å². The second-order valence-corrected chi connectivity index (χ2v) is 16.8. The molecule has 2 saturated heterocycles. The Kier molecular flexibility index (Phi) is 12.6. The molecule has 13 nitrogen and oxygen atoms in total. The van der Waals surface area contributed by atoms with Crippen LogP contribution in [0.15, 0.2) is 84.1 Å². The van der Waals surface area contributed by atoms with Crippen molar-refractivity contribution < 1.29 is 19.2 Å². The molecule has 59 heavy (non-hydrogen) atoms. The largest absolute Gasteiger partial charge is 0.382 e. The molecule has 2 atom stereocenters. The first kappa shape index (κ1) is 40.2. The van der Waals surface area contributed by atoms with Crippen LogP contribution >= 0.6 is 11.8 Å². The molecule has 6 heterocycles. The standard InChI is InChI=1S/C45H51N9O4S/c46-41-40-39(30-17-19-31(20-18-30)43(56)49-37-16-7-8-23-47-37)51-42(53(40)27-24-48-41)34-14-12-26-52(34)25-9-5-3-1-2-4-6-10-28-59-36-15-11-13-32-33(36)29-54(45(32)58)35-21-22-38(55)50-44(35)57/h7-8,11,13,15-20,23-24,27,34-35H,1-6,9-10,12,14,21-22,25-26,28-29H2,(H2,46,48)(H,47,49,56)(H,50,55,57)/t34-,35?/m0/s1. The Balaban J connectivity index is 0.765. The van der Waals surface area contributed by atoms with Crippen LogP contribution in [0.1, 0.15) is 115 Å². The number of hydrogen-bond donors (Lipinski definition) is 3. The highest BCUT2D eigenvalue weighted by molar-refractivity contribution is 7.99. The van der Waals surface area contributed by atoms with Crippen molar-refractivity contribution in [1.29, 1.82) is 0 Å². The number of amides is 4. The second-order valence-electron chi connectivity index (χ2n) is 15.6. The molecular weight excluding hydrogens is 763 g/mol. The van der Waals surface area contributed by atoms with Crippen LogP contribution in [-0.4, -0.2) is 77.7 Å². The van der Waals surface area contributed by atoms with E-state index in [0.717, 1.165) is 77.6 Å². The maximum Gasteiger partial charge on any atom is 0.256 e. The van der Waals surface area contributed by atoms with E-state index in [2.05, 4.69) is 36.0 Å². The minimum Gasteiger partial charge on any atom is -0.382 e. The van der Waals surface area contributed by atoms with Gasteiger partial charge in [0.15, 0.2) is 0 Å². The number of nitrogen functional groups attached to an aromatic ring is 1. The fraction of sp³-hybridized carbons (Fsp3) is 0.400. The molecule has 5 aromatic rings. The minimum atomic E-state index is -0.587. The van der Waals surface area contributed by atoms with E-state index in [-0.39, 0.29) is 36.1 Å². The van der Waals surface area contributed by atoms with Gasteiger partial charge in [-0.1, -0.05) is 62.8 Å². The van der Waals surface area contributed by atoms with Gasteiger partial charge >= 0.3 is 0 Å². The first-order valence-electron chi connectivity index (χ1n) is 20.9. The molecule has 306 valence electrons. The first-order valence-corrected chi connectivity index (χ1v) is 21.9. The Morgan fingerprint density at radius 2 is 1.66 bits per heavy atom. The van der Waals surface area contributed by atoms with Crippen molar-refractivity contribution in [3.63, 3.8) is 0 Å². The fourth-order valence-electron chi connectivity index (χ4n) is 8.67. The van der Waals surface area contributed by atoms with E-state index in [1.54, 1.807) is 53.3 Å². The number of pyridine rings is 1. The third kappa shape index (κ3) is 9.03. The van der Waals surface area contributed by atoms with E-state index in [9.17, 15) is 19.2 Å². The van der Waals surface area contributed by atoms with Gasteiger partial charge in [-0.3, -0.25) is 33.8 Å². The highest BCUT2D eigenvalue weighted by atomic mass is 32.2. The number of carbonyl (C=O) groups excluding carboxylic acids is 4. The summed E-state index contributed by atoms with van der Waals surface area (Å²) in [6, 6.07) is 18.3. The lowest BCUT2D eigenvalue weighted by molar-refractivity contribution is -0.136. The highest BCUT2D eigenvalue weighted by Gasteiger charge is 2.40. The molecule has 3 aliphatic heterocycles. The molecule has 4 amide bonds. The number of hydrogen-bond acceptors (Lipinski definition) is 10. The zero-order valence-corrected chi connectivity index (χ0v) is 34.1. The van der Waals surface area contributed by atoms with Gasteiger partial charge in [-0.2, -0.15) is 0 Å². The Morgan fingerprint density at radius 3 is 2.44 bits per heavy atom. The van der Waals surface area contributed by atoms with Gasteiger partial charge in [-0.25, -0.2) is 15.0 Å². The number of imide groups is 1. The molecule has 8 rings (SSSR count). The van der Waals surface area contributed by atoms with Gasteiger partial charge in [-0.05, 0) is 92.9 Å². The van der Waals surface area contributed by atoms with E-state index < -0.39 is 6.04 Å². The number of likely N-dealkylation sites (tertiary alicyclic amines) is 1. The average molecular weight is 814 g/mol. The zero-order valence-electron chi connectivity index (χ0n) is 33.3. The van der Waals surface area contributed by atoms with Gasteiger partial charge in [0.05, 0.1) is 6.04 Å². The number of unbranched alkanes of at least 4 members (excludes halogenated alkanes) is 7. The summed E-state index contributed by atoms with van der Waals surface area (Å²) in [7, 11) is 0. The van der Waals surface area contributed by atoms with Gasteiger partial charge in [0.1, 0.15) is 34.7 Å². The molecule has 4 N–H and O–H groups in total. The van der Waals surface area contributed by atoms with E-state index in [0.29, 0.717) is 35.7 Å². The number of thioether (sulfide) groups is 1. The molecular formula is C45H51N9O4S. The third-order valence-corrected chi connectivity index (χ3v) is 12.9. The number of imidazole rings is 1. The maximum absolute atomic E-state index is 13.1. The minimum absolute atomic E-state index is 0.119. The predicted octanol–water partition coefficient (Wildman–Crippen LogP) is 7.44. The number of nitrogens with one attached hydrogen (secondary N) is 2. The number of nitrogens with zero attached hydrogens (tertiary/aromatic N) is 6. The Hall–Kier alpha value is -5.60. The Morgan fingerprint density at radius 1 is 0.864 bits per heavy atom. The number of carbonyl (C=O) groups is 4. The van der Waals surface area contributed by atoms with Gasteiger partial charge < -0.3 is 16.0 Å². The number of piperidine rings is 1. The summed E-state index contributed by atoms with van der Waals surface area (Å²) in [5.74, 6) is 1.92. The molecule has 0 bridgehead atoms. The van der Waals surface area contributed by atoms with Gasteiger partial charge in [0.25, 0.3) is 11.8 Å². The van der Waals surface area contributed by atoms with Crippen LogP contribution in [0.4, 0.5) is 11.6 Å². The van der Waals surface area contributed by atoms with Crippen LogP contribution in [0.25, 0.3) is 16.8 Å². The van der Waals surface area contributed by atoms with E-state index >= 15 is 0 Å². The molecule has 0 radical (unpaired) electrons. The van der Waals surface area contributed by atoms with Gasteiger partial charge in [0, 0.05) is 53.1 Å². The molecule has 14 heteroatoms. The SMILES string of the molecule is Nc1nccn2c([C@@H]3CCCN3CCCCCCCCCCSc3cccc4c3CN(C3CCC(=O)NC3=O)C4=O)nc(-c3ccc(C(=O)Nc4ccccn4)cc3)c12. The summed E-state index contributed by atoms with van der Waals surface area (Å²) < 4.78 is 2.10. The molecule has 0 aliphatic carbocycles. The van der Waals surface area contributed by atoms with Gasteiger partial charge in [-0.15, -0.1) is 11.8 Å². The number of benzene rings is 2. The average Bonchev–Trinajstić information content (AvgIpc) is 3.97. The fourth-order valence-corrected chi connectivity index (χ4v) is 9.76. The van der Waals surface area contributed by atoms with Crippen molar-refractivity contribution in [2.45, 2.75) is 101 Å². The van der Waals surface area contributed by atoms with Crippen molar-refractivity contribution in [3.05, 3.63) is 102 Å². The van der Waals surface area contributed by atoms with Crippen LogP contribution in [0, 0.1) is 0 Å². The van der Waals surface area contributed by atoms with Crippen molar-refractivity contribution in [2.75, 3.05) is 29.9 Å². The van der Waals surface area contributed by atoms with Crippen LogP contribution in [0.2, 0.25) is 0 Å². The first-order chi connectivity index (χ1) is 28.9. The zero-order chi connectivity index (χ0) is 40.7. The van der Waals surface area contributed by atoms with E-state index in [1.807, 2.05) is 36.5 Å². The monoisotopic (exact) mass is 813 g/mol. The van der Waals surface area contributed by atoms with Crippen molar-refractivity contribution in [2.24, 2.45) is 0 Å². The number of rotatable bonds is 17. The highest BCUT2D eigenvalue weighted by Crippen LogP contribution is 2.37. The van der Waals surface area contributed by atoms with E-state index in [1.165, 1.54) is 38.5 Å². The molecule has 0 saturated carbocycles. The molecule has 0 spiro atoms. The van der Waals surface area contributed by atoms with Crippen LogP contribution in [-0.2, 0) is 16.1 Å². The lowest BCUT2D eigenvalue weighted by atomic mass is 10.0. The molecule has 3 aromatic heterocycles. The number of fused-ring (bicyclic) bond motifs is 2. The Labute approximate surface area is 348 Å². The Bertz CT molecular complexity index is 2320. The maximum atomic E-state index is 13.1. The number of nitrogens with two attached hydrogens (primary N) is 1. The summed E-state index contributed by atoms with van der Waals surface area (Å²) >= 11 is 1.80. The molecule has 1 unspecified atom stereocenters. The number of anilines is 2. The van der Waals surface area contributed by atoms with Crippen molar-refractivity contribution in [3.8, 4) is 11.3 Å². The quantitative estimate of drug-likeness (QED) is 0.0488. The van der Waals surface area contributed by atoms with Crippen molar-refractivity contribution >= 4 is 52.5 Å². The smallest absolute Gasteiger partial charge is 0.256 e. The van der Waals surface area contributed by atoms with Crippen LogP contribution in [0.5, 0.6) is 0 Å². The molecule has 2 fully saturated rings. The molecule has 3 aliphatic rings. The van der Waals surface area contributed by atoms with Crippen molar-refractivity contribution in [1.82, 2.24) is 34.5 Å². The summed E-state index contributed by atoms with van der Waals surface area (Å²) in [6.45, 7) is 2.50. The predicted molar refractivity (Wildman–Crippen MR) is 229 cm³/mol. The van der Waals surface area contributed by atoms with Crippen LogP contribution in [0.3, 0.4) is 0 Å². The topological polar surface area (TPSA) is 168 Å².